The normalized spacial score (nSPS) is 12.3. The number of halogens is 3. The van der Waals surface area contributed by atoms with Crippen LogP contribution in [0.1, 0.15) is 5.56 Å². The molecule has 1 atom stereocenters. The molecule has 6 heteroatoms. The summed E-state index contributed by atoms with van der Waals surface area (Å²) >= 11 is 6.32. The molecule has 0 saturated carbocycles. The van der Waals surface area contributed by atoms with E-state index in [1.165, 1.54) is 7.11 Å². The van der Waals surface area contributed by atoms with Gasteiger partial charge in [0.1, 0.15) is 11.9 Å². The molecule has 0 heterocycles. The standard InChI is InChI=1S/C10H10Br2FNO2/c1-16-10(15)8(14)3-5-2-6(11)4-7(12)9(5)13/h2,4,8H,3,14H2,1H3. The molecule has 0 aliphatic rings. The zero-order valence-electron chi connectivity index (χ0n) is 8.47. The van der Waals surface area contributed by atoms with E-state index in [9.17, 15) is 9.18 Å². The highest BCUT2D eigenvalue weighted by Gasteiger charge is 2.18. The molecule has 0 aliphatic carbocycles. The molecule has 16 heavy (non-hydrogen) atoms. The number of nitrogens with two attached hydrogens (primary N) is 1. The van der Waals surface area contributed by atoms with E-state index in [0.29, 0.717) is 14.5 Å². The van der Waals surface area contributed by atoms with Gasteiger partial charge in [0.15, 0.2) is 0 Å². The van der Waals surface area contributed by atoms with Gasteiger partial charge in [0.2, 0.25) is 0 Å². The van der Waals surface area contributed by atoms with Crippen molar-refractivity contribution in [3.05, 3.63) is 32.5 Å². The first-order chi connectivity index (χ1) is 7.45. The van der Waals surface area contributed by atoms with E-state index in [1.54, 1.807) is 12.1 Å². The minimum absolute atomic E-state index is 0.0938. The first kappa shape index (κ1) is 13.6. The van der Waals surface area contributed by atoms with E-state index in [2.05, 4.69) is 36.6 Å². The van der Waals surface area contributed by atoms with E-state index in [1.807, 2.05) is 0 Å². The van der Waals surface area contributed by atoms with E-state index in [-0.39, 0.29) is 6.42 Å². The molecule has 0 radical (unpaired) electrons. The molecular formula is C10H10Br2FNO2. The summed E-state index contributed by atoms with van der Waals surface area (Å²) in [5.41, 5.74) is 5.92. The fourth-order valence-corrected chi connectivity index (χ4v) is 2.54. The third-order valence-electron chi connectivity index (χ3n) is 2.01. The van der Waals surface area contributed by atoms with Crippen molar-refractivity contribution in [1.82, 2.24) is 0 Å². The van der Waals surface area contributed by atoms with Gasteiger partial charge in [-0.15, -0.1) is 0 Å². The highest BCUT2D eigenvalue weighted by atomic mass is 79.9. The summed E-state index contributed by atoms with van der Waals surface area (Å²) in [7, 11) is 1.25. The van der Waals surface area contributed by atoms with Crippen molar-refractivity contribution in [1.29, 1.82) is 0 Å². The zero-order chi connectivity index (χ0) is 12.3. The number of rotatable bonds is 3. The van der Waals surface area contributed by atoms with Crippen LogP contribution in [0.15, 0.2) is 21.1 Å². The van der Waals surface area contributed by atoms with Gasteiger partial charge >= 0.3 is 5.97 Å². The van der Waals surface area contributed by atoms with Crippen LogP contribution < -0.4 is 5.73 Å². The molecular weight excluding hydrogens is 345 g/mol. The quantitative estimate of drug-likeness (QED) is 0.669. The van der Waals surface area contributed by atoms with Crippen LogP contribution >= 0.6 is 31.9 Å². The number of esters is 1. The maximum absolute atomic E-state index is 13.6. The molecule has 0 aromatic heterocycles. The van der Waals surface area contributed by atoms with Gasteiger partial charge in [0, 0.05) is 10.9 Å². The van der Waals surface area contributed by atoms with Crippen molar-refractivity contribution in [3.8, 4) is 0 Å². The van der Waals surface area contributed by atoms with Crippen molar-refractivity contribution < 1.29 is 13.9 Å². The third-order valence-corrected chi connectivity index (χ3v) is 3.05. The summed E-state index contributed by atoms with van der Waals surface area (Å²) in [5, 5.41) is 0. The van der Waals surface area contributed by atoms with Crippen LogP contribution in [0, 0.1) is 5.82 Å². The lowest BCUT2D eigenvalue weighted by atomic mass is 10.1. The number of ether oxygens (including phenoxy) is 1. The molecule has 1 aromatic carbocycles. The van der Waals surface area contributed by atoms with Crippen LogP contribution in [-0.2, 0) is 16.0 Å². The van der Waals surface area contributed by atoms with Crippen LogP contribution in [-0.4, -0.2) is 19.1 Å². The average molecular weight is 355 g/mol. The second kappa shape index (κ2) is 5.75. The van der Waals surface area contributed by atoms with Gasteiger partial charge in [-0.2, -0.15) is 0 Å². The average Bonchev–Trinajstić information content (AvgIpc) is 2.23. The van der Waals surface area contributed by atoms with E-state index >= 15 is 0 Å². The van der Waals surface area contributed by atoms with Crippen molar-refractivity contribution in [2.75, 3.05) is 7.11 Å². The molecule has 1 unspecified atom stereocenters. The molecule has 0 amide bonds. The highest BCUT2D eigenvalue weighted by Crippen LogP contribution is 2.25. The number of hydrogen-bond donors (Lipinski definition) is 1. The van der Waals surface area contributed by atoms with Gasteiger partial charge in [-0.25, -0.2) is 4.39 Å². The summed E-state index contributed by atoms with van der Waals surface area (Å²) in [4.78, 5) is 11.1. The third kappa shape index (κ3) is 3.26. The molecule has 1 rings (SSSR count). The number of carbonyl (C=O) groups is 1. The van der Waals surface area contributed by atoms with Crippen LogP contribution in [0.5, 0.6) is 0 Å². The summed E-state index contributed by atoms with van der Waals surface area (Å²) in [6.07, 6.45) is 0.0938. The van der Waals surface area contributed by atoms with Crippen LogP contribution in [0.3, 0.4) is 0 Å². The number of benzene rings is 1. The molecule has 3 nitrogen and oxygen atoms in total. The molecule has 0 aliphatic heterocycles. The predicted molar refractivity (Wildman–Crippen MR) is 65.5 cm³/mol. The topological polar surface area (TPSA) is 52.3 Å². The van der Waals surface area contributed by atoms with Crippen molar-refractivity contribution in [2.24, 2.45) is 5.73 Å². The Morgan fingerprint density at radius 3 is 2.75 bits per heavy atom. The Labute approximate surface area is 109 Å². The van der Waals surface area contributed by atoms with Crippen molar-refractivity contribution in [2.45, 2.75) is 12.5 Å². The largest absolute Gasteiger partial charge is 0.468 e. The van der Waals surface area contributed by atoms with Crippen LogP contribution in [0.25, 0.3) is 0 Å². The summed E-state index contributed by atoms with van der Waals surface area (Å²) < 4.78 is 19.2. The second-order valence-corrected chi connectivity index (χ2v) is 4.96. The minimum Gasteiger partial charge on any atom is -0.468 e. The van der Waals surface area contributed by atoms with Gasteiger partial charge in [-0.1, -0.05) is 15.9 Å². The van der Waals surface area contributed by atoms with E-state index < -0.39 is 17.8 Å². The lowest BCUT2D eigenvalue weighted by molar-refractivity contribution is -0.142. The SMILES string of the molecule is COC(=O)C(N)Cc1cc(Br)cc(Br)c1F. The molecule has 0 saturated heterocycles. The summed E-state index contributed by atoms with van der Waals surface area (Å²) in [6.45, 7) is 0. The monoisotopic (exact) mass is 353 g/mol. The van der Waals surface area contributed by atoms with Crippen molar-refractivity contribution in [3.63, 3.8) is 0 Å². The van der Waals surface area contributed by atoms with Gasteiger partial charge < -0.3 is 10.5 Å². The smallest absolute Gasteiger partial charge is 0.322 e. The molecule has 0 fully saturated rings. The Kier molecular flexibility index (Phi) is 4.89. The first-order valence-electron chi connectivity index (χ1n) is 4.42. The Bertz CT molecular complexity index is 412. The van der Waals surface area contributed by atoms with E-state index in [4.69, 9.17) is 5.73 Å². The Balaban J connectivity index is 2.93. The Morgan fingerprint density at radius 2 is 2.19 bits per heavy atom. The zero-order valence-corrected chi connectivity index (χ0v) is 11.6. The predicted octanol–water partition coefficient (Wildman–Crippen LogP) is 2.39. The van der Waals surface area contributed by atoms with Gasteiger partial charge in [0.25, 0.3) is 0 Å². The number of carbonyl (C=O) groups excluding carboxylic acids is 1. The lowest BCUT2D eigenvalue weighted by Crippen LogP contribution is -2.33. The summed E-state index contributed by atoms with van der Waals surface area (Å²) in [5.74, 6) is -0.974. The minimum atomic E-state index is -0.860. The number of methoxy groups -OCH3 is 1. The van der Waals surface area contributed by atoms with Crippen LogP contribution in [0.2, 0.25) is 0 Å². The summed E-state index contributed by atoms with van der Waals surface area (Å²) in [6, 6.07) is 2.31. The number of hydrogen-bond acceptors (Lipinski definition) is 3. The second-order valence-electron chi connectivity index (χ2n) is 3.19. The van der Waals surface area contributed by atoms with Crippen molar-refractivity contribution >= 4 is 37.8 Å². The van der Waals surface area contributed by atoms with Crippen LogP contribution in [0.4, 0.5) is 4.39 Å². The Hall–Kier alpha value is -0.460. The van der Waals surface area contributed by atoms with Gasteiger partial charge in [-0.05, 0) is 33.6 Å². The molecule has 88 valence electrons. The van der Waals surface area contributed by atoms with Gasteiger partial charge in [-0.3, -0.25) is 4.79 Å². The molecule has 1 aromatic rings. The highest BCUT2D eigenvalue weighted by molar-refractivity contribution is 9.11. The lowest BCUT2D eigenvalue weighted by Gasteiger charge is -2.11. The Morgan fingerprint density at radius 1 is 1.56 bits per heavy atom. The fourth-order valence-electron chi connectivity index (χ4n) is 1.23. The fraction of sp³-hybridized carbons (Fsp3) is 0.300. The van der Waals surface area contributed by atoms with E-state index in [0.717, 1.165) is 0 Å². The maximum atomic E-state index is 13.6. The molecule has 2 N–H and O–H groups in total. The first-order valence-corrected chi connectivity index (χ1v) is 6.01. The van der Waals surface area contributed by atoms with Gasteiger partial charge in [0.05, 0.1) is 11.6 Å². The maximum Gasteiger partial charge on any atom is 0.322 e. The molecule has 0 bridgehead atoms. The molecule has 0 spiro atoms.